The van der Waals surface area contributed by atoms with E-state index in [0.29, 0.717) is 23.9 Å². The topological polar surface area (TPSA) is 67.4 Å². The van der Waals surface area contributed by atoms with E-state index in [4.69, 9.17) is 4.74 Å². The van der Waals surface area contributed by atoms with Gasteiger partial charge in [-0.1, -0.05) is 32.3 Å². The van der Waals surface area contributed by atoms with E-state index in [-0.39, 0.29) is 24.3 Å². The largest absolute Gasteiger partial charge is 0.482 e. The molecule has 0 saturated heterocycles. The number of fused-ring (bicyclic) bond motifs is 1. The molecule has 1 aliphatic heterocycles. The van der Waals surface area contributed by atoms with Crippen LogP contribution in [0.2, 0.25) is 0 Å². The second-order valence-corrected chi connectivity index (χ2v) is 6.71. The van der Waals surface area contributed by atoms with Crippen molar-refractivity contribution in [2.45, 2.75) is 45.6 Å². The lowest BCUT2D eigenvalue weighted by Crippen LogP contribution is -2.31. The summed E-state index contributed by atoms with van der Waals surface area (Å²) in [6.07, 6.45) is 5.58. The second kappa shape index (κ2) is 7.02. The molecule has 124 valence electrons. The molecule has 2 aliphatic rings. The highest BCUT2D eigenvalue weighted by Crippen LogP contribution is 2.29. The Balaban J connectivity index is 1.58. The molecule has 2 atom stereocenters. The van der Waals surface area contributed by atoms with Crippen LogP contribution in [0.4, 0.5) is 5.69 Å². The Bertz CT molecular complexity index is 600. The minimum Gasteiger partial charge on any atom is -0.482 e. The first-order valence-corrected chi connectivity index (χ1v) is 8.45. The van der Waals surface area contributed by atoms with Crippen LogP contribution < -0.4 is 15.4 Å². The lowest BCUT2D eigenvalue weighted by Gasteiger charge is -2.19. The van der Waals surface area contributed by atoms with Gasteiger partial charge in [-0.15, -0.1) is 0 Å². The van der Waals surface area contributed by atoms with Crippen LogP contribution in [0.3, 0.4) is 0 Å². The van der Waals surface area contributed by atoms with Gasteiger partial charge >= 0.3 is 0 Å². The number of hydrogen-bond donors (Lipinski definition) is 2. The number of carbonyl (C=O) groups is 2. The molecule has 1 aliphatic carbocycles. The van der Waals surface area contributed by atoms with E-state index >= 15 is 0 Å². The summed E-state index contributed by atoms with van der Waals surface area (Å²) >= 11 is 0. The van der Waals surface area contributed by atoms with Gasteiger partial charge in [0.15, 0.2) is 6.61 Å². The fraction of sp³-hybridized carbons (Fsp3) is 0.556. The van der Waals surface area contributed by atoms with Crippen molar-refractivity contribution in [2.75, 3.05) is 11.9 Å². The van der Waals surface area contributed by atoms with Gasteiger partial charge in [0.1, 0.15) is 5.75 Å². The van der Waals surface area contributed by atoms with E-state index in [1.54, 1.807) is 0 Å². The van der Waals surface area contributed by atoms with Gasteiger partial charge in [0.25, 0.3) is 5.91 Å². The lowest BCUT2D eigenvalue weighted by molar-refractivity contribution is -0.125. The molecule has 3 rings (SSSR count). The third kappa shape index (κ3) is 4.03. The molecule has 1 aromatic rings. The van der Waals surface area contributed by atoms with Gasteiger partial charge < -0.3 is 15.4 Å². The van der Waals surface area contributed by atoms with E-state index in [1.807, 2.05) is 18.2 Å². The molecular formula is C18H24N2O3. The molecule has 2 unspecified atom stereocenters. The zero-order valence-electron chi connectivity index (χ0n) is 13.6. The number of nitrogens with one attached hydrogen (secondary N) is 2. The van der Waals surface area contributed by atoms with Gasteiger partial charge in [0.05, 0.1) is 5.69 Å². The van der Waals surface area contributed by atoms with Crippen LogP contribution in [0.25, 0.3) is 0 Å². The highest BCUT2D eigenvalue weighted by atomic mass is 16.5. The summed E-state index contributed by atoms with van der Waals surface area (Å²) < 4.78 is 5.34. The average molecular weight is 316 g/mol. The number of amides is 2. The van der Waals surface area contributed by atoms with Crippen LogP contribution in [-0.2, 0) is 16.1 Å². The Morgan fingerprint density at radius 3 is 3.04 bits per heavy atom. The summed E-state index contributed by atoms with van der Waals surface area (Å²) in [5.41, 5.74) is 1.64. The number of rotatable bonds is 3. The standard InChI is InChI=1S/C18H24N2O3/c1-12-4-2-3-5-14(8-12)18(22)19-10-13-6-7-16-15(9-13)20-17(21)11-23-16/h6-7,9,12,14H,2-5,8,10-11H2,1H3,(H,19,22)(H,20,21). The van der Waals surface area contributed by atoms with Crippen LogP contribution in [-0.4, -0.2) is 18.4 Å². The van der Waals surface area contributed by atoms with Crippen LogP contribution in [0.15, 0.2) is 18.2 Å². The molecule has 1 aromatic carbocycles. The monoisotopic (exact) mass is 316 g/mol. The van der Waals surface area contributed by atoms with Gasteiger partial charge in [0.2, 0.25) is 5.91 Å². The number of hydrogen-bond acceptors (Lipinski definition) is 3. The van der Waals surface area contributed by atoms with Crippen LogP contribution in [0.1, 0.15) is 44.6 Å². The molecule has 5 heteroatoms. The Morgan fingerprint density at radius 2 is 2.17 bits per heavy atom. The Morgan fingerprint density at radius 1 is 1.35 bits per heavy atom. The SMILES string of the molecule is CC1CCCCC(C(=O)NCc2ccc3c(c2)NC(=O)CO3)C1. The third-order valence-electron chi connectivity index (χ3n) is 4.70. The predicted molar refractivity (Wildman–Crippen MR) is 88.2 cm³/mol. The second-order valence-electron chi connectivity index (χ2n) is 6.71. The zero-order valence-corrected chi connectivity index (χ0v) is 13.6. The summed E-state index contributed by atoms with van der Waals surface area (Å²) in [5.74, 6) is 1.44. The van der Waals surface area contributed by atoms with Crippen molar-refractivity contribution in [3.05, 3.63) is 23.8 Å². The molecule has 5 nitrogen and oxygen atoms in total. The van der Waals surface area contributed by atoms with Gasteiger partial charge in [-0.2, -0.15) is 0 Å². The summed E-state index contributed by atoms with van der Waals surface area (Å²) in [6.45, 7) is 2.77. The first-order valence-electron chi connectivity index (χ1n) is 8.45. The van der Waals surface area contributed by atoms with Crippen molar-refractivity contribution >= 4 is 17.5 Å². The summed E-state index contributed by atoms with van der Waals surface area (Å²) in [7, 11) is 0. The van der Waals surface area contributed by atoms with E-state index in [9.17, 15) is 9.59 Å². The maximum atomic E-state index is 12.4. The molecule has 23 heavy (non-hydrogen) atoms. The van der Waals surface area contributed by atoms with Crippen LogP contribution in [0, 0.1) is 11.8 Å². The maximum Gasteiger partial charge on any atom is 0.262 e. The number of ether oxygens (including phenoxy) is 1. The highest BCUT2D eigenvalue weighted by molar-refractivity contribution is 5.95. The van der Waals surface area contributed by atoms with Gasteiger partial charge in [-0.3, -0.25) is 9.59 Å². The smallest absolute Gasteiger partial charge is 0.262 e. The Kier molecular flexibility index (Phi) is 4.84. The molecule has 1 saturated carbocycles. The molecule has 2 amide bonds. The molecule has 0 aromatic heterocycles. The Hall–Kier alpha value is -2.04. The number of anilines is 1. The predicted octanol–water partition coefficient (Wildman–Crippen LogP) is 2.85. The lowest BCUT2D eigenvalue weighted by atomic mass is 9.94. The fourth-order valence-electron chi connectivity index (χ4n) is 3.42. The van der Waals surface area contributed by atoms with Crippen LogP contribution >= 0.6 is 0 Å². The number of carbonyl (C=O) groups excluding carboxylic acids is 2. The van der Waals surface area contributed by atoms with Gasteiger partial charge in [0, 0.05) is 12.5 Å². The molecule has 2 N–H and O–H groups in total. The molecule has 0 radical (unpaired) electrons. The van der Waals surface area contributed by atoms with Crippen LogP contribution in [0.5, 0.6) is 5.75 Å². The van der Waals surface area contributed by atoms with E-state index in [0.717, 1.165) is 24.8 Å². The summed E-state index contributed by atoms with van der Waals surface area (Å²) in [5, 5.41) is 5.83. The molecular weight excluding hydrogens is 292 g/mol. The van der Waals surface area contributed by atoms with Crippen molar-refractivity contribution < 1.29 is 14.3 Å². The summed E-state index contributed by atoms with van der Waals surface area (Å²) in [4.78, 5) is 23.8. The normalized spacial score (nSPS) is 24.0. The van der Waals surface area contributed by atoms with Crippen molar-refractivity contribution in [3.8, 4) is 5.75 Å². The van der Waals surface area contributed by atoms with E-state index in [2.05, 4.69) is 17.6 Å². The molecule has 1 heterocycles. The zero-order chi connectivity index (χ0) is 16.2. The minimum atomic E-state index is -0.147. The van der Waals surface area contributed by atoms with Gasteiger partial charge in [-0.25, -0.2) is 0 Å². The van der Waals surface area contributed by atoms with Crippen molar-refractivity contribution in [1.82, 2.24) is 5.32 Å². The molecule has 0 bridgehead atoms. The average Bonchev–Trinajstić information content (AvgIpc) is 2.76. The van der Waals surface area contributed by atoms with Gasteiger partial charge in [-0.05, 0) is 36.5 Å². The van der Waals surface area contributed by atoms with E-state index in [1.165, 1.54) is 12.8 Å². The third-order valence-corrected chi connectivity index (χ3v) is 4.70. The van der Waals surface area contributed by atoms with E-state index < -0.39 is 0 Å². The quantitative estimate of drug-likeness (QED) is 0.843. The summed E-state index contributed by atoms with van der Waals surface area (Å²) in [6, 6.07) is 5.62. The first-order chi connectivity index (χ1) is 11.1. The minimum absolute atomic E-state index is 0.0585. The van der Waals surface area contributed by atoms with Crippen molar-refractivity contribution in [3.63, 3.8) is 0 Å². The first kappa shape index (κ1) is 15.8. The molecule has 1 fully saturated rings. The van der Waals surface area contributed by atoms with Crippen molar-refractivity contribution in [2.24, 2.45) is 11.8 Å². The van der Waals surface area contributed by atoms with Crippen molar-refractivity contribution in [1.29, 1.82) is 0 Å². The fourth-order valence-corrected chi connectivity index (χ4v) is 3.42. The highest BCUT2D eigenvalue weighted by Gasteiger charge is 2.23. The number of benzene rings is 1. The Labute approximate surface area is 136 Å². The molecule has 0 spiro atoms. The maximum absolute atomic E-state index is 12.4.